The van der Waals surface area contributed by atoms with Crippen molar-refractivity contribution in [2.24, 2.45) is 0 Å². The van der Waals surface area contributed by atoms with E-state index in [1.807, 2.05) is 42.5 Å². The number of hydrogen-bond donors (Lipinski definition) is 1. The predicted octanol–water partition coefficient (Wildman–Crippen LogP) is 2.32. The summed E-state index contributed by atoms with van der Waals surface area (Å²) in [5.74, 6) is 0.804. The highest BCUT2D eigenvalue weighted by Gasteiger charge is 2.25. The van der Waals surface area contributed by atoms with E-state index in [1.54, 1.807) is 22.2 Å². The third kappa shape index (κ3) is 3.98. The maximum atomic E-state index is 12.7. The Hall–Kier alpha value is -3.35. The molecule has 2 aromatic carbocycles. The Bertz CT molecular complexity index is 962. The van der Waals surface area contributed by atoms with Crippen LogP contribution in [-0.4, -0.2) is 64.4 Å². The molecule has 2 amide bonds. The molecular formula is C21H22N4O3. The van der Waals surface area contributed by atoms with Gasteiger partial charge in [-0.15, -0.1) is 0 Å². The first-order valence-electron chi connectivity index (χ1n) is 9.39. The average molecular weight is 378 g/mol. The van der Waals surface area contributed by atoms with Gasteiger partial charge in [-0.3, -0.25) is 9.59 Å². The highest BCUT2D eigenvalue weighted by molar-refractivity contribution is 5.97. The number of aromatic nitrogens is 2. The monoisotopic (exact) mass is 378 g/mol. The van der Waals surface area contributed by atoms with Gasteiger partial charge in [0.05, 0.1) is 30.4 Å². The van der Waals surface area contributed by atoms with Crippen LogP contribution in [0.25, 0.3) is 11.0 Å². The van der Waals surface area contributed by atoms with Gasteiger partial charge in [0.2, 0.25) is 5.91 Å². The van der Waals surface area contributed by atoms with E-state index < -0.39 is 0 Å². The number of carbonyl (C=O) groups excluding carboxylic acids is 2. The Morgan fingerprint density at radius 1 is 1.00 bits per heavy atom. The second-order valence-corrected chi connectivity index (χ2v) is 6.72. The lowest BCUT2D eigenvalue weighted by Gasteiger charge is -2.34. The lowest BCUT2D eigenvalue weighted by atomic mass is 10.1. The van der Waals surface area contributed by atoms with Gasteiger partial charge in [-0.25, -0.2) is 4.98 Å². The third-order valence-electron chi connectivity index (χ3n) is 4.91. The van der Waals surface area contributed by atoms with E-state index in [2.05, 4.69) is 9.97 Å². The maximum absolute atomic E-state index is 12.7. The van der Waals surface area contributed by atoms with Crippen molar-refractivity contribution in [2.45, 2.75) is 6.42 Å². The normalized spacial score (nSPS) is 14.3. The molecule has 28 heavy (non-hydrogen) atoms. The van der Waals surface area contributed by atoms with Crippen LogP contribution in [0.2, 0.25) is 0 Å². The van der Waals surface area contributed by atoms with E-state index in [9.17, 15) is 9.59 Å². The number of rotatable bonds is 5. The molecule has 1 N–H and O–H groups in total. The number of nitrogens with one attached hydrogen (secondary N) is 1. The molecule has 1 fully saturated rings. The summed E-state index contributed by atoms with van der Waals surface area (Å²) in [6.07, 6.45) is 1.95. The quantitative estimate of drug-likeness (QED) is 0.739. The lowest BCUT2D eigenvalue weighted by Crippen LogP contribution is -2.50. The van der Waals surface area contributed by atoms with Crippen LogP contribution in [-0.2, 0) is 4.79 Å². The minimum atomic E-state index is -0.0176. The van der Waals surface area contributed by atoms with Gasteiger partial charge in [-0.2, -0.15) is 0 Å². The number of para-hydroxylation sites is 1. The van der Waals surface area contributed by atoms with Crippen molar-refractivity contribution in [3.63, 3.8) is 0 Å². The molecule has 1 saturated heterocycles. The largest absolute Gasteiger partial charge is 0.493 e. The lowest BCUT2D eigenvalue weighted by molar-refractivity contribution is -0.133. The smallest absolute Gasteiger partial charge is 0.254 e. The van der Waals surface area contributed by atoms with E-state index in [0.29, 0.717) is 44.8 Å². The molecule has 1 aliphatic heterocycles. The van der Waals surface area contributed by atoms with Gasteiger partial charge in [-0.1, -0.05) is 18.2 Å². The maximum Gasteiger partial charge on any atom is 0.254 e. The zero-order valence-corrected chi connectivity index (χ0v) is 15.5. The number of hydrogen-bond acceptors (Lipinski definition) is 4. The van der Waals surface area contributed by atoms with Crippen molar-refractivity contribution < 1.29 is 14.3 Å². The van der Waals surface area contributed by atoms with E-state index >= 15 is 0 Å². The number of nitrogens with zero attached hydrogens (tertiary/aromatic N) is 3. The van der Waals surface area contributed by atoms with Crippen molar-refractivity contribution in [2.75, 3.05) is 32.8 Å². The molecule has 3 aromatic rings. The summed E-state index contributed by atoms with van der Waals surface area (Å²) in [5, 5.41) is 0. The van der Waals surface area contributed by atoms with Crippen LogP contribution in [0.3, 0.4) is 0 Å². The molecule has 4 rings (SSSR count). The predicted molar refractivity (Wildman–Crippen MR) is 105 cm³/mol. The van der Waals surface area contributed by atoms with Crippen LogP contribution in [0.1, 0.15) is 16.8 Å². The molecule has 0 atom stereocenters. The second kappa shape index (κ2) is 8.12. The number of imidazole rings is 1. The second-order valence-electron chi connectivity index (χ2n) is 6.72. The van der Waals surface area contributed by atoms with Gasteiger partial charge in [0, 0.05) is 31.7 Å². The standard InChI is InChI=1S/C21H22N4O3/c26-20(8-13-28-17-4-2-1-3-5-17)24-9-11-25(12-10-24)21(27)16-6-7-18-19(14-16)23-15-22-18/h1-7,14-15H,8-13H2,(H,22,23). The van der Waals surface area contributed by atoms with E-state index in [1.165, 1.54) is 0 Å². The fourth-order valence-electron chi connectivity index (χ4n) is 3.34. The Morgan fingerprint density at radius 2 is 1.75 bits per heavy atom. The van der Waals surface area contributed by atoms with Crippen molar-refractivity contribution in [1.29, 1.82) is 0 Å². The number of benzene rings is 2. The van der Waals surface area contributed by atoms with Gasteiger partial charge >= 0.3 is 0 Å². The number of piperazine rings is 1. The number of amides is 2. The summed E-state index contributed by atoms with van der Waals surface area (Å²) in [4.78, 5) is 35.9. The first kappa shape index (κ1) is 18.0. The Morgan fingerprint density at radius 3 is 2.54 bits per heavy atom. The summed E-state index contributed by atoms with van der Waals surface area (Å²) < 4.78 is 5.59. The Kier molecular flexibility index (Phi) is 5.23. The molecule has 1 aromatic heterocycles. The van der Waals surface area contributed by atoms with Gasteiger partial charge in [0.15, 0.2) is 0 Å². The number of carbonyl (C=O) groups is 2. The van der Waals surface area contributed by atoms with Crippen molar-refractivity contribution in [1.82, 2.24) is 19.8 Å². The highest BCUT2D eigenvalue weighted by atomic mass is 16.5. The molecular weight excluding hydrogens is 356 g/mol. The fraction of sp³-hybridized carbons (Fsp3) is 0.286. The number of H-pyrrole nitrogens is 1. The van der Waals surface area contributed by atoms with Gasteiger partial charge < -0.3 is 19.5 Å². The number of fused-ring (bicyclic) bond motifs is 1. The topological polar surface area (TPSA) is 78.5 Å². The van der Waals surface area contributed by atoms with Crippen molar-refractivity contribution in [3.8, 4) is 5.75 Å². The third-order valence-corrected chi connectivity index (χ3v) is 4.91. The highest BCUT2D eigenvalue weighted by Crippen LogP contribution is 2.15. The SMILES string of the molecule is O=C(CCOc1ccccc1)N1CCN(C(=O)c2ccc3nc[nH]c3c2)CC1. The van der Waals surface area contributed by atoms with Crippen LogP contribution in [0.5, 0.6) is 5.75 Å². The molecule has 1 aliphatic rings. The van der Waals surface area contributed by atoms with Crippen LogP contribution in [0.15, 0.2) is 54.9 Å². The van der Waals surface area contributed by atoms with Gasteiger partial charge in [0.25, 0.3) is 5.91 Å². The molecule has 7 heteroatoms. The zero-order chi connectivity index (χ0) is 19.3. The zero-order valence-electron chi connectivity index (χ0n) is 15.5. The van der Waals surface area contributed by atoms with Crippen LogP contribution in [0, 0.1) is 0 Å². The van der Waals surface area contributed by atoms with Crippen LogP contribution >= 0.6 is 0 Å². The molecule has 0 spiro atoms. The number of aromatic amines is 1. The summed E-state index contributed by atoms with van der Waals surface area (Å²) in [6, 6.07) is 14.9. The molecule has 7 nitrogen and oxygen atoms in total. The summed E-state index contributed by atoms with van der Waals surface area (Å²) in [7, 11) is 0. The molecule has 0 saturated carbocycles. The van der Waals surface area contributed by atoms with Crippen molar-refractivity contribution >= 4 is 22.8 Å². The molecule has 0 aliphatic carbocycles. The van der Waals surface area contributed by atoms with E-state index in [4.69, 9.17) is 4.74 Å². The molecule has 144 valence electrons. The fourth-order valence-corrected chi connectivity index (χ4v) is 3.34. The minimum absolute atomic E-state index is 0.0176. The van der Waals surface area contributed by atoms with Crippen molar-refractivity contribution in [3.05, 3.63) is 60.4 Å². The molecule has 2 heterocycles. The Labute approximate surface area is 162 Å². The summed E-state index contributed by atoms with van der Waals surface area (Å²) >= 11 is 0. The van der Waals surface area contributed by atoms with E-state index in [0.717, 1.165) is 16.8 Å². The number of ether oxygens (including phenoxy) is 1. The molecule has 0 unspecified atom stereocenters. The van der Waals surface area contributed by atoms with Crippen LogP contribution in [0.4, 0.5) is 0 Å². The molecule has 0 radical (unpaired) electrons. The van der Waals surface area contributed by atoms with Gasteiger partial charge in [0.1, 0.15) is 5.75 Å². The van der Waals surface area contributed by atoms with Gasteiger partial charge in [-0.05, 0) is 30.3 Å². The van der Waals surface area contributed by atoms with E-state index in [-0.39, 0.29) is 11.8 Å². The Balaban J connectivity index is 1.26. The summed E-state index contributed by atoms with van der Waals surface area (Å²) in [5.41, 5.74) is 2.32. The first-order valence-corrected chi connectivity index (χ1v) is 9.39. The van der Waals surface area contributed by atoms with Crippen LogP contribution < -0.4 is 4.74 Å². The minimum Gasteiger partial charge on any atom is -0.493 e. The average Bonchev–Trinajstić information content (AvgIpc) is 3.22. The first-order chi connectivity index (χ1) is 13.7. The molecule has 0 bridgehead atoms. The summed E-state index contributed by atoms with van der Waals surface area (Å²) in [6.45, 7) is 2.51.